The lowest BCUT2D eigenvalue weighted by atomic mass is 10.2. The second-order valence-electron chi connectivity index (χ2n) is 3.67. The number of hydrogen-bond donors (Lipinski definition) is 1. The van der Waals surface area contributed by atoms with E-state index >= 15 is 0 Å². The van der Waals surface area contributed by atoms with Gasteiger partial charge in [-0.25, -0.2) is 14.2 Å². The van der Waals surface area contributed by atoms with Crippen molar-refractivity contribution < 1.29 is 13.9 Å². The van der Waals surface area contributed by atoms with E-state index in [9.17, 15) is 9.18 Å². The number of halogens is 2. The van der Waals surface area contributed by atoms with Crippen LogP contribution in [0.25, 0.3) is 0 Å². The Balaban J connectivity index is 1.91. The van der Waals surface area contributed by atoms with Gasteiger partial charge in [0.2, 0.25) is 0 Å². The van der Waals surface area contributed by atoms with E-state index < -0.39 is 11.9 Å². The molecule has 0 aliphatic carbocycles. The molecule has 2 aromatic rings. The summed E-state index contributed by atoms with van der Waals surface area (Å²) >= 11 is 3.08. The molecule has 1 amide bonds. The average Bonchev–Trinajstić information content (AvgIpc) is 2.41. The molecule has 0 unspecified atom stereocenters. The molecule has 19 heavy (non-hydrogen) atoms. The lowest BCUT2D eigenvalue weighted by molar-refractivity contribution is 0.155. The Hall–Kier alpha value is -1.95. The Labute approximate surface area is 117 Å². The van der Waals surface area contributed by atoms with Gasteiger partial charge in [0.25, 0.3) is 0 Å². The smallest absolute Gasteiger partial charge is 0.413 e. The van der Waals surface area contributed by atoms with Gasteiger partial charge in [-0.15, -0.1) is 0 Å². The molecule has 1 aromatic carbocycles. The first-order chi connectivity index (χ1) is 9.15. The maximum absolute atomic E-state index is 13.4. The van der Waals surface area contributed by atoms with Crippen molar-refractivity contribution in [2.24, 2.45) is 0 Å². The van der Waals surface area contributed by atoms with Gasteiger partial charge in [0.05, 0.1) is 0 Å². The fraction of sp³-hybridized carbons (Fsp3) is 0.0769. The zero-order chi connectivity index (χ0) is 13.7. The van der Waals surface area contributed by atoms with Crippen LogP contribution >= 0.6 is 15.9 Å². The SMILES string of the molecule is O=C(Nc1ncc(Br)cc1F)OCc1ccccc1. The van der Waals surface area contributed by atoms with Crippen molar-refractivity contribution in [1.82, 2.24) is 4.98 Å². The standard InChI is InChI=1S/C13H10BrFN2O2/c14-10-6-11(15)12(16-7-10)17-13(18)19-8-9-4-2-1-3-5-9/h1-7H,8H2,(H,16,17,18). The third-order valence-corrected chi connectivity index (χ3v) is 2.67. The van der Waals surface area contributed by atoms with E-state index in [-0.39, 0.29) is 12.4 Å². The molecule has 1 N–H and O–H groups in total. The molecule has 0 fully saturated rings. The molecule has 0 saturated carbocycles. The van der Waals surface area contributed by atoms with Gasteiger partial charge in [-0.05, 0) is 27.6 Å². The zero-order valence-corrected chi connectivity index (χ0v) is 11.4. The van der Waals surface area contributed by atoms with E-state index in [1.807, 2.05) is 30.3 Å². The number of amides is 1. The van der Waals surface area contributed by atoms with Crippen LogP contribution in [0.15, 0.2) is 47.1 Å². The number of hydrogen-bond acceptors (Lipinski definition) is 3. The summed E-state index contributed by atoms with van der Waals surface area (Å²) in [6.07, 6.45) is 0.633. The van der Waals surface area contributed by atoms with E-state index in [1.165, 1.54) is 12.3 Å². The van der Waals surface area contributed by atoms with Gasteiger partial charge >= 0.3 is 6.09 Å². The Bertz CT molecular complexity index is 578. The summed E-state index contributed by atoms with van der Waals surface area (Å²) in [5.74, 6) is -0.799. The molecule has 1 aromatic heterocycles. The third-order valence-electron chi connectivity index (χ3n) is 2.24. The molecule has 98 valence electrons. The third kappa shape index (κ3) is 4.03. The second-order valence-corrected chi connectivity index (χ2v) is 4.59. The highest BCUT2D eigenvalue weighted by Gasteiger charge is 2.09. The van der Waals surface area contributed by atoms with Crippen molar-refractivity contribution in [2.75, 3.05) is 5.32 Å². The number of nitrogens with zero attached hydrogens (tertiary/aromatic N) is 1. The molecule has 6 heteroatoms. The number of aromatic nitrogens is 1. The number of carbonyl (C=O) groups excluding carboxylic acids is 1. The van der Waals surface area contributed by atoms with Crippen molar-refractivity contribution in [3.63, 3.8) is 0 Å². The quantitative estimate of drug-likeness (QED) is 0.935. The highest BCUT2D eigenvalue weighted by molar-refractivity contribution is 9.10. The predicted molar refractivity (Wildman–Crippen MR) is 72.1 cm³/mol. The average molecular weight is 325 g/mol. The minimum absolute atomic E-state index is 0.116. The number of nitrogens with one attached hydrogen (secondary N) is 1. The van der Waals surface area contributed by atoms with Crippen LogP contribution in [0.1, 0.15) is 5.56 Å². The number of pyridine rings is 1. The number of rotatable bonds is 3. The molecule has 0 saturated heterocycles. The first-order valence-corrected chi connectivity index (χ1v) is 6.23. The first-order valence-electron chi connectivity index (χ1n) is 5.44. The number of ether oxygens (including phenoxy) is 1. The van der Waals surface area contributed by atoms with Crippen LogP contribution in [-0.4, -0.2) is 11.1 Å². The highest BCUT2D eigenvalue weighted by Crippen LogP contribution is 2.16. The topological polar surface area (TPSA) is 51.2 Å². The summed E-state index contributed by atoms with van der Waals surface area (Å²) in [5, 5.41) is 2.24. The second kappa shape index (κ2) is 6.29. The van der Waals surface area contributed by atoms with Crippen LogP contribution in [0.4, 0.5) is 15.0 Å². The summed E-state index contributed by atoms with van der Waals surface area (Å²) in [6, 6.07) is 10.4. The Kier molecular flexibility index (Phi) is 4.46. The molecule has 0 bridgehead atoms. The van der Waals surface area contributed by atoms with Gasteiger partial charge in [-0.3, -0.25) is 5.32 Å². The molecule has 0 atom stereocenters. The molecule has 4 nitrogen and oxygen atoms in total. The molecular weight excluding hydrogens is 315 g/mol. The Morgan fingerprint density at radius 1 is 1.37 bits per heavy atom. The van der Waals surface area contributed by atoms with Crippen molar-refractivity contribution in [3.05, 3.63) is 58.4 Å². The summed E-state index contributed by atoms with van der Waals surface area (Å²) in [6.45, 7) is 0.116. The summed E-state index contributed by atoms with van der Waals surface area (Å²) < 4.78 is 18.9. The van der Waals surface area contributed by atoms with Crippen molar-refractivity contribution >= 4 is 27.8 Å². The van der Waals surface area contributed by atoms with Gasteiger partial charge in [0.1, 0.15) is 6.61 Å². The minimum Gasteiger partial charge on any atom is -0.444 e. The van der Waals surface area contributed by atoms with Gasteiger partial charge in [-0.2, -0.15) is 0 Å². The number of carbonyl (C=O) groups is 1. The first kappa shape index (κ1) is 13.5. The summed E-state index contributed by atoms with van der Waals surface area (Å²) in [7, 11) is 0. The summed E-state index contributed by atoms with van der Waals surface area (Å²) in [4.78, 5) is 15.2. The van der Waals surface area contributed by atoms with Gasteiger partial charge in [0, 0.05) is 10.7 Å². The van der Waals surface area contributed by atoms with Gasteiger partial charge < -0.3 is 4.74 Å². The zero-order valence-electron chi connectivity index (χ0n) is 9.77. The van der Waals surface area contributed by atoms with Gasteiger partial charge in [0.15, 0.2) is 11.6 Å². The van der Waals surface area contributed by atoms with E-state index in [1.54, 1.807) is 0 Å². The lowest BCUT2D eigenvalue weighted by Gasteiger charge is -2.07. The van der Waals surface area contributed by atoms with Crippen LogP contribution in [0.2, 0.25) is 0 Å². The normalized spacial score (nSPS) is 10.0. The van der Waals surface area contributed by atoms with Crippen molar-refractivity contribution in [1.29, 1.82) is 0 Å². The van der Waals surface area contributed by atoms with E-state index in [4.69, 9.17) is 4.74 Å². The minimum atomic E-state index is -0.752. The van der Waals surface area contributed by atoms with Gasteiger partial charge in [-0.1, -0.05) is 30.3 Å². The van der Waals surface area contributed by atoms with Crippen molar-refractivity contribution in [2.45, 2.75) is 6.61 Å². The van der Waals surface area contributed by atoms with Crippen LogP contribution < -0.4 is 5.32 Å². The number of benzene rings is 1. The Morgan fingerprint density at radius 3 is 2.79 bits per heavy atom. The predicted octanol–water partition coefficient (Wildman–Crippen LogP) is 3.73. The maximum atomic E-state index is 13.4. The Morgan fingerprint density at radius 2 is 2.11 bits per heavy atom. The molecular formula is C13H10BrFN2O2. The largest absolute Gasteiger partial charge is 0.444 e. The van der Waals surface area contributed by atoms with Crippen LogP contribution in [0, 0.1) is 5.82 Å². The van der Waals surface area contributed by atoms with Crippen LogP contribution in [-0.2, 0) is 11.3 Å². The molecule has 2 rings (SSSR count). The molecule has 0 radical (unpaired) electrons. The highest BCUT2D eigenvalue weighted by atomic mass is 79.9. The fourth-order valence-corrected chi connectivity index (χ4v) is 1.67. The summed E-state index contributed by atoms with van der Waals surface area (Å²) in [5.41, 5.74) is 0.849. The number of anilines is 1. The lowest BCUT2D eigenvalue weighted by Crippen LogP contribution is -2.15. The molecule has 1 heterocycles. The molecule has 0 spiro atoms. The molecule has 0 aliphatic heterocycles. The van der Waals surface area contributed by atoms with E-state index in [0.717, 1.165) is 5.56 Å². The van der Waals surface area contributed by atoms with E-state index in [0.29, 0.717) is 4.47 Å². The monoisotopic (exact) mass is 324 g/mol. The van der Waals surface area contributed by atoms with Crippen molar-refractivity contribution in [3.8, 4) is 0 Å². The fourth-order valence-electron chi connectivity index (χ4n) is 1.36. The van der Waals surface area contributed by atoms with E-state index in [2.05, 4.69) is 26.2 Å². The maximum Gasteiger partial charge on any atom is 0.413 e. The van der Waals surface area contributed by atoms with Crippen LogP contribution in [0.3, 0.4) is 0 Å². The molecule has 0 aliphatic rings. The van der Waals surface area contributed by atoms with Crippen LogP contribution in [0.5, 0.6) is 0 Å².